The third-order valence-corrected chi connectivity index (χ3v) is 6.43. The first kappa shape index (κ1) is 26.5. The fourth-order valence-corrected chi connectivity index (χ4v) is 4.47. The summed E-state index contributed by atoms with van der Waals surface area (Å²) in [5.41, 5.74) is 2.45. The van der Waals surface area contributed by atoms with Gasteiger partial charge in [0.05, 0.1) is 33.0 Å². The number of methoxy groups -OCH3 is 2. The first-order valence-corrected chi connectivity index (χ1v) is 11.9. The number of esters is 1. The number of aliphatic hydroxyl groups excluding tert-OH is 3. The number of benzene rings is 1. The van der Waals surface area contributed by atoms with Crippen molar-refractivity contribution in [1.82, 2.24) is 0 Å². The first-order valence-electron chi connectivity index (χ1n) is 11.9. The molecule has 0 aromatic heterocycles. The Morgan fingerprint density at radius 3 is 2.36 bits per heavy atom. The summed E-state index contributed by atoms with van der Waals surface area (Å²) < 4.78 is 39.4. The quantitative estimate of drug-likeness (QED) is 0.298. The average Bonchev–Trinajstić information content (AvgIpc) is 2.94. The van der Waals surface area contributed by atoms with Crippen LogP contribution in [0.4, 0.5) is 0 Å². The third kappa shape index (κ3) is 4.79. The second kappa shape index (κ2) is 10.6. The van der Waals surface area contributed by atoms with E-state index in [1.165, 1.54) is 39.6 Å². The number of ketones is 1. The zero-order valence-electron chi connectivity index (χ0n) is 21.2. The zero-order valence-corrected chi connectivity index (χ0v) is 21.2. The monoisotopic (exact) mass is 543 g/mol. The Labute approximate surface area is 221 Å². The van der Waals surface area contributed by atoms with Gasteiger partial charge in [0, 0.05) is 11.1 Å². The predicted molar refractivity (Wildman–Crippen MR) is 134 cm³/mol. The van der Waals surface area contributed by atoms with Gasteiger partial charge in [0.25, 0.3) is 5.78 Å². The Morgan fingerprint density at radius 2 is 1.69 bits per heavy atom. The standard InChI is InChI=1S/C27H26O12/c1-12(28)36-11-19-22(30)23(31)24(32)27(38-19)39-26-14-7-8-35-15-5-4-6-16(20(14)15)37-25(26)13-9-17(33-2)21(29)18(10-13)34-3/h4-10,19,22-24,27,30-32H,11H2,1-3H3/p+1/t19-,22-,23+,24-,27+/m1/s1. The van der Waals surface area contributed by atoms with Gasteiger partial charge in [-0.3, -0.25) is 4.79 Å². The molecule has 0 bridgehead atoms. The van der Waals surface area contributed by atoms with E-state index in [1.54, 1.807) is 24.3 Å². The summed E-state index contributed by atoms with van der Waals surface area (Å²) in [4.78, 5) is 22.0. The van der Waals surface area contributed by atoms with E-state index in [2.05, 4.69) is 0 Å². The number of ether oxygens (including phenoxy) is 5. The van der Waals surface area contributed by atoms with Crippen molar-refractivity contribution in [2.24, 2.45) is 0 Å². The van der Waals surface area contributed by atoms with Crippen molar-refractivity contribution in [1.29, 1.82) is 0 Å². The molecule has 1 fully saturated rings. The minimum absolute atomic E-state index is 0.00722. The third-order valence-electron chi connectivity index (χ3n) is 6.43. The lowest BCUT2D eigenvalue weighted by molar-refractivity contribution is -0.277. The number of aliphatic hydroxyl groups is 3. The fourth-order valence-electron chi connectivity index (χ4n) is 4.47. The molecule has 206 valence electrons. The molecule has 5 rings (SSSR count). The van der Waals surface area contributed by atoms with Gasteiger partial charge < -0.3 is 52.6 Å². The van der Waals surface area contributed by atoms with E-state index in [9.17, 15) is 24.9 Å². The number of carbonyl (C=O) groups excluding carboxylic acids is 2. The number of rotatable bonds is 6. The van der Waals surface area contributed by atoms with Crippen molar-refractivity contribution < 1.29 is 57.4 Å². The molecule has 5 atom stereocenters. The van der Waals surface area contributed by atoms with Crippen molar-refractivity contribution in [3.63, 3.8) is 0 Å². The fraction of sp³-hybridized carbons (Fsp3) is 0.333. The van der Waals surface area contributed by atoms with Crippen LogP contribution in [0.3, 0.4) is 0 Å². The second-order valence-corrected chi connectivity index (χ2v) is 8.90. The van der Waals surface area contributed by atoms with Crippen LogP contribution in [0, 0.1) is 0 Å². The van der Waals surface area contributed by atoms with E-state index in [0.717, 1.165) is 0 Å². The van der Waals surface area contributed by atoms with Gasteiger partial charge in [-0.1, -0.05) is 6.07 Å². The summed E-state index contributed by atoms with van der Waals surface area (Å²) in [5, 5.41) is 31.7. The van der Waals surface area contributed by atoms with Crippen molar-refractivity contribution in [3.05, 3.63) is 59.6 Å². The van der Waals surface area contributed by atoms with Crippen LogP contribution in [0.5, 0.6) is 5.75 Å². The van der Waals surface area contributed by atoms with Crippen LogP contribution in [0.15, 0.2) is 63.0 Å². The lowest BCUT2D eigenvalue weighted by Crippen LogP contribution is -2.60. The number of carbonyl (C=O) groups is 1. The van der Waals surface area contributed by atoms with Crippen molar-refractivity contribution in [2.45, 2.75) is 37.6 Å². The smallest absolute Gasteiger partial charge is 0.479 e. The van der Waals surface area contributed by atoms with Gasteiger partial charge in [-0.25, -0.2) is 0 Å². The van der Waals surface area contributed by atoms with E-state index < -0.39 is 36.5 Å². The molecular formula is C27H27O12+. The topological polar surface area (TPSA) is 172 Å². The maximum absolute atomic E-state index is 12.6. The first-order chi connectivity index (χ1) is 18.7. The lowest BCUT2D eigenvalue weighted by atomic mass is 9.98. The summed E-state index contributed by atoms with van der Waals surface area (Å²) in [7, 11) is 2.69. The molecule has 1 aromatic carbocycles. The van der Waals surface area contributed by atoms with Gasteiger partial charge in [0.2, 0.25) is 12.9 Å². The van der Waals surface area contributed by atoms with Crippen LogP contribution >= 0.6 is 0 Å². The van der Waals surface area contributed by atoms with Gasteiger partial charge in [-0.2, -0.15) is 0 Å². The molecule has 0 unspecified atom stereocenters. The van der Waals surface area contributed by atoms with Crippen LogP contribution in [0.2, 0.25) is 0 Å². The van der Waals surface area contributed by atoms with Gasteiger partial charge >= 0.3 is 5.97 Å². The molecule has 39 heavy (non-hydrogen) atoms. The van der Waals surface area contributed by atoms with E-state index in [1.807, 2.05) is 0 Å². The van der Waals surface area contributed by atoms with E-state index >= 15 is 0 Å². The Balaban J connectivity index is 1.70. The average molecular weight is 544 g/mol. The zero-order chi connectivity index (χ0) is 27.8. The molecule has 12 nitrogen and oxygen atoms in total. The number of hydrogen-bond acceptors (Lipinski definition) is 11. The summed E-state index contributed by atoms with van der Waals surface area (Å²) in [6, 6.07) is 6.83. The summed E-state index contributed by atoms with van der Waals surface area (Å²) in [6.45, 7) is 0.968. The van der Waals surface area contributed by atoms with E-state index in [0.29, 0.717) is 27.9 Å². The molecule has 1 aliphatic carbocycles. The largest absolute Gasteiger partial charge is 0.492 e. The predicted octanol–water partition coefficient (Wildman–Crippen LogP) is 0.931. The molecule has 1 aromatic rings. The SMILES string of the molecule is COC1=CC(=c2oc3cccc4occc(c2O[C@@H]2O[C@H](COC(C)=[OH+])[C@@H](O)[C@H](O)[C@H]2O)-c43)C=C(OC)C1=O. The maximum Gasteiger partial charge on any atom is 0.479 e. The molecular weight excluding hydrogens is 516 g/mol. The highest BCUT2D eigenvalue weighted by Gasteiger charge is 2.47. The molecule has 4 N–H and O–H groups in total. The second-order valence-electron chi connectivity index (χ2n) is 8.90. The van der Waals surface area contributed by atoms with Crippen LogP contribution in [0.25, 0.3) is 27.9 Å². The highest BCUT2D eigenvalue weighted by molar-refractivity contribution is 6.10. The summed E-state index contributed by atoms with van der Waals surface area (Å²) >= 11 is 0. The molecule has 0 amide bonds. The number of Topliss-reactive ketones (excluding diaryl/α,β-unsaturated/α-hetero) is 1. The Bertz CT molecular complexity index is 1480. The highest BCUT2D eigenvalue weighted by atomic mass is 16.7. The normalized spacial score (nSPS) is 25.3. The molecule has 0 spiro atoms. The van der Waals surface area contributed by atoms with Crippen LogP contribution in [-0.2, 0) is 23.7 Å². The van der Waals surface area contributed by atoms with Crippen molar-refractivity contribution in [3.8, 4) is 16.9 Å². The number of allylic oxidation sites excluding steroid dienone is 2. The van der Waals surface area contributed by atoms with Crippen molar-refractivity contribution >= 4 is 28.5 Å². The lowest BCUT2D eigenvalue weighted by Gasteiger charge is -2.39. The van der Waals surface area contributed by atoms with Gasteiger partial charge in [-0.15, -0.1) is 0 Å². The maximum atomic E-state index is 12.6. The molecule has 4 aliphatic rings. The van der Waals surface area contributed by atoms with Gasteiger partial charge in [-0.05, 0) is 30.4 Å². The Kier molecular flexibility index (Phi) is 7.19. The minimum Gasteiger partial charge on any atom is -0.492 e. The van der Waals surface area contributed by atoms with Crippen LogP contribution < -0.4 is 10.2 Å². The molecule has 3 aliphatic heterocycles. The molecule has 0 radical (unpaired) electrons. The van der Waals surface area contributed by atoms with Crippen LogP contribution in [0.1, 0.15) is 6.92 Å². The van der Waals surface area contributed by atoms with Crippen molar-refractivity contribution in [2.75, 3.05) is 20.8 Å². The summed E-state index contributed by atoms with van der Waals surface area (Å²) in [6.07, 6.45) is -3.20. The Hall–Kier alpha value is -4.10. The van der Waals surface area contributed by atoms with Crippen LogP contribution in [-0.4, -0.2) is 83.4 Å². The van der Waals surface area contributed by atoms with E-state index in [4.69, 9.17) is 32.5 Å². The molecule has 3 heterocycles. The molecule has 0 saturated carbocycles. The highest BCUT2D eigenvalue weighted by Crippen LogP contribution is 2.39. The van der Waals surface area contributed by atoms with Gasteiger partial charge in [0.1, 0.15) is 29.5 Å². The Morgan fingerprint density at radius 1 is 1.00 bits per heavy atom. The molecule has 12 heteroatoms. The van der Waals surface area contributed by atoms with Gasteiger partial charge in [0.15, 0.2) is 28.8 Å². The minimum atomic E-state index is -1.68. The van der Waals surface area contributed by atoms with E-state index in [-0.39, 0.29) is 35.3 Å². The summed E-state index contributed by atoms with van der Waals surface area (Å²) in [5.74, 6) is -0.772. The molecule has 1 saturated heterocycles. The number of hydrogen-bond donors (Lipinski definition) is 3.